The molecule has 0 bridgehead atoms. The summed E-state index contributed by atoms with van der Waals surface area (Å²) in [6, 6.07) is 13.9. The minimum atomic E-state index is -0.340. The minimum Gasteiger partial charge on any atom is -0.454 e. The van der Waals surface area contributed by atoms with Crippen LogP contribution in [-0.2, 0) is 19.7 Å². The summed E-state index contributed by atoms with van der Waals surface area (Å²) >= 11 is 1.54. The average molecular weight is 551 g/mol. The largest absolute Gasteiger partial charge is 0.454 e. The van der Waals surface area contributed by atoms with E-state index in [1.54, 1.807) is 12.0 Å². The second kappa shape index (κ2) is 10.9. The fourth-order valence-electron chi connectivity index (χ4n) is 4.87. The molecule has 0 radical (unpaired) electrons. The lowest BCUT2D eigenvalue weighted by atomic mass is 9.87. The van der Waals surface area contributed by atoms with Crippen LogP contribution >= 0.6 is 11.8 Å². The van der Waals surface area contributed by atoms with Crippen LogP contribution in [0.25, 0.3) is 5.69 Å². The summed E-state index contributed by atoms with van der Waals surface area (Å²) in [5.74, 6) is 1.80. The molecule has 206 valence electrons. The van der Waals surface area contributed by atoms with Crippen LogP contribution in [0.5, 0.6) is 11.5 Å². The Hall–Kier alpha value is -3.50. The number of ether oxygens (including phenoxy) is 3. The van der Waals surface area contributed by atoms with Crippen LogP contribution in [-0.4, -0.2) is 60.9 Å². The number of carbonyl (C=O) groups is 2. The number of carbonyl (C=O) groups excluding carboxylic acids is 2. The lowest BCUT2D eigenvalue weighted by molar-refractivity contribution is -0.123. The van der Waals surface area contributed by atoms with Gasteiger partial charge in [0.05, 0.1) is 29.0 Å². The predicted octanol–water partition coefficient (Wildman–Crippen LogP) is 4.14. The zero-order valence-corrected chi connectivity index (χ0v) is 23.8. The number of methoxy groups -OCH3 is 1. The van der Waals surface area contributed by atoms with Crippen molar-refractivity contribution in [3.63, 3.8) is 0 Å². The van der Waals surface area contributed by atoms with Gasteiger partial charge in [-0.3, -0.25) is 14.5 Å². The third kappa shape index (κ3) is 5.35. The molecule has 2 aliphatic rings. The molecule has 1 atom stereocenters. The Labute approximate surface area is 232 Å². The van der Waals surface area contributed by atoms with E-state index in [0.29, 0.717) is 30.5 Å². The molecule has 0 saturated heterocycles. The van der Waals surface area contributed by atoms with Crippen LogP contribution in [0.4, 0.5) is 5.82 Å². The molecule has 2 amide bonds. The lowest BCUT2D eigenvalue weighted by Crippen LogP contribution is -2.43. The molecule has 39 heavy (non-hydrogen) atoms. The van der Waals surface area contributed by atoms with E-state index in [1.165, 1.54) is 11.8 Å². The van der Waals surface area contributed by atoms with Crippen molar-refractivity contribution in [2.75, 3.05) is 44.3 Å². The van der Waals surface area contributed by atoms with Crippen LogP contribution in [0.1, 0.15) is 48.4 Å². The minimum absolute atomic E-state index is 0.120. The van der Waals surface area contributed by atoms with Gasteiger partial charge in [-0.1, -0.05) is 45.0 Å². The summed E-state index contributed by atoms with van der Waals surface area (Å²) < 4.78 is 18.1. The van der Waals surface area contributed by atoms with Gasteiger partial charge < -0.3 is 19.5 Å². The molecule has 2 aliphatic heterocycles. The van der Waals surface area contributed by atoms with E-state index in [1.807, 2.05) is 54.1 Å². The molecule has 0 saturated carbocycles. The van der Waals surface area contributed by atoms with Gasteiger partial charge in [0, 0.05) is 24.6 Å². The standard InChI is InChI=1S/C29H34N4O5S/c1-18-8-6-7-9-20(18)33-28-25(27(31-33)29(2,3)4)26(19-10-11-21-22(14-19)38-17-37-21)39-16-24(35)32(28)15-23(34)30-12-13-36-5/h6-11,14,26H,12-13,15-17H2,1-5H3,(H,30,34)/t26-/m1/s1. The number of nitrogens with zero attached hydrogens (tertiary/aromatic N) is 3. The molecule has 5 rings (SSSR count). The number of aromatic nitrogens is 2. The van der Waals surface area contributed by atoms with E-state index in [9.17, 15) is 9.59 Å². The topological polar surface area (TPSA) is 94.9 Å². The molecule has 0 spiro atoms. The summed E-state index contributed by atoms with van der Waals surface area (Å²) in [7, 11) is 1.58. The van der Waals surface area contributed by atoms with Crippen LogP contribution in [0.2, 0.25) is 0 Å². The highest BCUT2D eigenvalue weighted by molar-refractivity contribution is 8.00. The number of benzene rings is 2. The number of nitrogens with one attached hydrogen (secondary N) is 1. The van der Waals surface area contributed by atoms with E-state index >= 15 is 0 Å². The first-order valence-electron chi connectivity index (χ1n) is 13.0. The molecular formula is C29H34N4O5S. The number of hydrogen-bond donors (Lipinski definition) is 1. The Bertz CT molecular complexity index is 1400. The maximum absolute atomic E-state index is 13.7. The van der Waals surface area contributed by atoms with E-state index in [2.05, 4.69) is 26.1 Å². The Balaban J connectivity index is 1.72. The number of hydrogen-bond acceptors (Lipinski definition) is 7. The van der Waals surface area contributed by atoms with E-state index < -0.39 is 0 Å². The number of para-hydroxylation sites is 1. The molecule has 1 N–H and O–H groups in total. The first-order chi connectivity index (χ1) is 18.7. The van der Waals surface area contributed by atoms with Gasteiger partial charge in [0.2, 0.25) is 18.6 Å². The second-order valence-corrected chi connectivity index (χ2v) is 11.8. The van der Waals surface area contributed by atoms with E-state index in [-0.39, 0.29) is 41.6 Å². The van der Waals surface area contributed by atoms with E-state index in [4.69, 9.17) is 19.3 Å². The van der Waals surface area contributed by atoms with Gasteiger partial charge in [-0.2, -0.15) is 5.10 Å². The monoisotopic (exact) mass is 550 g/mol. The van der Waals surface area contributed by atoms with Gasteiger partial charge in [-0.05, 0) is 36.2 Å². The maximum atomic E-state index is 13.7. The van der Waals surface area contributed by atoms with Gasteiger partial charge in [0.15, 0.2) is 11.5 Å². The van der Waals surface area contributed by atoms with Crippen molar-refractivity contribution in [1.82, 2.24) is 15.1 Å². The quantitative estimate of drug-likeness (QED) is 0.442. The highest BCUT2D eigenvalue weighted by Gasteiger charge is 2.40. The van der Waals surface area contributed by atoms with Crippen molar-refractivity contribution in [2.45, 2.75) is 38.4 Å². The van der Waals surface area contributed by atoms with Crippen LogP contribution in [0.15, 0.2) is 42.5 Å². The maximum Gasteiger partial charge on any atom is 0.240 e. The predicted molar refractivity (Wildman–Crippen MR) is 151 cm³/mol. The molecule has 2 aromatic carbocycles. The first kappa shape index (κ1) is 27.1. The Morgan fingerprint density at radius 1 is 1.18 bits per heavy atom. The zero-order chi connectivity index (χ0) is 27.7. The lowest BCUT2D eigenvalue weighted by Gasteiger charge is -2.25. The Kier molecular flexibility index (Phi) is 7.59. The molecular weight excluding hydrogens is 516 g/mol. The third-order valence-corrected chi connectivity index (χ3v) is 8.03. The second-order valence-electron chi connectivity index (χ2n) is 10.7. The summed E-state index contributed by atoms with van der Waals surface area (Å²) in [5.41, 5.74) is 4.31. The fourth-order valence-corrected chi connectivity index (χ4v) is 6.06. The molecule has 0 fully saturated rings. The number of anilines is 1. The summed E-state index contributed by atoms with van der Waals surface area (Å²) in [4.78, 5) is 28.4. The van der Waals surface area contributed by atoms with E-state index in [0.717, 1.165) is 28.1 Å². The Morgan fingerprint density at radius 3 is 2.69 bits per heavy atom. The average Bonchev–Trinajstić information content (AvgIpc) is 3.49. The van der Waals surface area contributed by atoms with Gasteiger partial charge in [0.1, 0.15) is 12.4 Å². The molecule has 3 aromatic rings. The molecule has 0 unspecified atom stereocenters. The van der Waals surface area contributed by atoms with Gasteiger partial charge >= 0.3 is 0 Å². The number of thioether (sulfide) groups is 1. The number of rotatable bonds is 7. The van der Waals surface area contributed by atoms with Crippen LogP contribution in [0, 0.1) is 6.92 Å². The van der Waals surface area contributed by atoms with Gasteiger partial charge in [0.25, 0.3) is 0 Å². The molecule has 3 heterocycles. The molecule has 1 aromatic heterocycles. The summed E-state index contributed by atoms with van der Waals surface area (Å²) in [6.45, 7) is 9.20. The molecule has 0 aliphatic carbocycles. The molecule has 10 heteroatoms. The number of amides is 2. The fraction of sp³-hybridized carbons (Fsp3) is 0.414. The third-order valence-electron chi connectivity index (χ3n) is 6.77. The Morgan fingerprint density at radius 2 is 1.95 bits per heavy atom. The van der Waals surface area contributed by atoms with Crippen molar-refractivity contribution in [1.29, 1.82) is 0 Å². The van der Waals surface area contributed by atoms with Crippen molar-refractivity contribution in [3.05, 3.63) is 64.8 Å². The van der Waals surface area contributed by atoms with Crippen molar-refractivity contribution in [2.24, 2.45) is 0 Å². The van der Waals surface area contributed by atoms with Crippen LogP contribution in [0.3, 0.4) is 0 Å². The van der Waals surface area contributed by atoms with Gasteiger partial charge in [-0.25, -0.2) is 4.68 Å². The summed E-state index contributed by atoms with van der Waals surface area (Å²) in [5, 5.41) is 7.79. The van der Waals surface area contributed by atoms with Crippen molar-refractivity contribution < 1.29 is 23.8 Å². The first-order valence-corrected chi connectivity index (χ1v) is 14.0. The number of aryl methyl sites for hydroxylation is 1. The zero-order valence-electron chi connectivity index (χ0n) is 22.9. The normalized spacial score (nSPS) is 16.7. The van der Waals surface area contributed by atoms with Crippen LogP contribution < -0.4 is 19.7 Å². The van der Waals surface area contributed by atoms with Crippen molar-refractivity contribution >= 4 is 29.4 Å². The van der Waals surface area contributed by atoms with Gasteiger partial charge in [-0.15, -0.1) is 11.8 Å². The molecule has 9 nitrogen and oxygen atoms in total. The highest BCUT2D eigenvalue weighted by atomic mass is 32.2. The SMILES string of the molecule is COCCNC(=O)CN1C(=O)CS[C@H](c2ccc3c(c2)OCO3)c2c(C(C)(C)C)nn(-c3ccccc3C)c21. The summed E-state index contributed by atoms with van der Waals surface area (Å²) in [6.07, 6.45) is 0. The highest BCUT2D eigenvalue weighted by Crippen LogP contribution is 2.50. The smallest absolute Gasteiger partial charge is 0.240 e. The van der Waals surface area contributed by atoms with Crippen molar-refractivity contribution in [3.8, 4) is 17.2 Å². The number of fused-ring (bicyclic) bond motifs is 2.